The topological polar surface area (TPSA) is 56.3 Å². The second-order valence-corrected chi connectivity index (χ2v) is 5.56. The summed E-state index contributed by atoms with van der Waals surface area (Å²) in [6, 6.07) is 7.37. The zero-order valence-electron chi connectivity index (χ0n) is 12.6. The summed E-state index contributed by atoms with van der Waals surface area (Å²) in [5.74, 6) is 0.804. The van der Waals surface area contributed by atoms with Crippen molar-refractivity contribution in [2.24, 2.45) is 5.73 Å². The quantitative estimate of drug-likeness (QED) is 0.888. The maximum absolute atomic E-state index is 6.36. The number of rotatable bonds is 6. The van der Waals surface area contributed by atoms with E-state index in [4.69, 9.17) is 22.1 Å². The molecule has 1 aromatic carbocycles. The first kappa shape index (κ1) is 15.8. The largest absolute Gasteiger partial charge is 0.497 e. The average molecular weight is 309 g/mol. The fraction of sp³-hybridized carbons (Fsp3) is 0.400. The minimum absolute atomic E-state index is 0.312. The Morgan fingerprint density at radius 2 is 2.00 bits per heavy atom. The molecular formula is C15H21ClN4O. The number of hydrogen-bond acceptors (Lipinski definition) is 4. The van der Waals surface area contributed by atoms with Crippen molar-refractivity contribution in [1.29, 1.82) is 0 Å². The van der Waals surface area contributed by atoms with Gasteiger partial charge in [0.15, 0.2) is 0 Å². The summed E-state index contributed by atoms with van der Waals surface area (Å²) in [6.45, 7) is 1.62. The minimum atomic E-state index is -0.312. The van der Waals surface area contributed by atoms with Crippen molar-refractivity contribution in [1.82, 2.24) is 14.7 Å². The standard InChI is InChI=1S/C15H21ClN4O/c1-19(2)8-9-20-15(13(16)10-18-20)14(17)11-4-6-12(21-3)7-5-11/h4-7,10,14H,8-9,17H2,1-3H3. The number of aromatic nitrogens is 2. The summed E-state index contributed by atoms with van der Waals surface area (Å²) >= 11 is 6.26. The third-order valence-corrected chi connectivity index (χ3v) is 3.65. The van der Waals surface area contributed by atoms with Gasteiger partial charge in [0.2, 0.25) is 0 Å². The molecule has 1 heterocycles. The van der Waals surface area contributed by atoms with Crippen LogP contribution in [0.3, 0.4) is 0 Å². The van der Waals surface area contributed by atoms with Crippen molar-refractivity contribution < 1.29 is 4.74 Å². The zero-order valence-corrected chi connectivity index (χ0v) is 13.3. The maximum atomic E-state index is 6.36. The van der Waals surface area contributed by atoms with Crippen LogP contribution in [0.5, 0.6) is 5.75 Å². The van der Waals surface area contributed by atoms with E-state index < -0.39 is 0 Å². The molecule has 6 heteroatoms. The molecule has 0 aliphatic carbocycles. The van der Waals surface area contributed by atoms with E-state index in [9.17, 15) is 0 Å². The molecule has 1 unspecified atom stereocenters. The minimum Gasteiger partial charge on any atom is -0.497 e. The number of halogens is 1. The van der Waals surface area contributed by atoms with Gasteiger partial charge in [0.1, 0.15) is 5.75 Å². The Bertz CT molecular complexity index is 580. The van der Waals surface area contributed by atoms with Gasteiger partial charge in [-0.25, -0.2) is 0 Å². The molecule has 0 saturated carbocycles. The Labute approximate surface area is 130 Å². The highest BCUT2D eigenvalue weighted by atomic mass is 35.5. The van der Waals surface area contributed by atoms with E-state index in [2.05, 4.69) is 10.00 Å². The molecule has 0 aliphatic heterocycles. The first-order valence-corrected chi connectivity index (χ1v) is 7.16. The number of nitrogens with two attached hydrogens (primary N) is 1. The molecule has 0 saturated heterocycles. The fourth-order valence-electron chi connectivity index (χ4n) is 2.12. The average Bonchev–Trinajstić information content (AvgIpc) is 2.85. The normalized spacial score (nSPS) is 12.7. The molecular weight excluding hydrogens is 288 g/mol. The first-order chi connectivity index (χ1) is 10.0. The lowest BCUT2D eigenvalue weighted by atomic mass is 10.0. The van der Waals surface area contributed by atoms with Gasteiger partial charge in [-0.1, -0.05) is 23.7 Å². The van der Waals surface area contributed by atoms with E-state index in [1.54, 1.807) is 13.3 Å². The van der Waals surface area contributed by atoms with Crippen LogP contribution in [0.25, 0.3) is 0 Å². The number of hydrogen-bond donors (Lipinski definition) is 1. The summed E-state index contributed by atoms with van der Waals surface area (Å²) < 4.78 is 7.03. The Morgan fingerprint density at radius 3 is 2.57 bits per heavy atom. The summed E-state index contributed by atoms with van der Waals surface area (Å²) in [5, 5.41) is 4.92. The molecule has 1 aromatic heterocycles. The Kier molecular flexibility index (Phi) is 5.22. The number of likely N-dealkylation sites (N-methyl/N-ethyl adjacent to an activating group) is 1. The second-order valence-electron chi connectivity index (χ2n) is 5.15. The van der Waals surface area contributed by atoms with E-state index in [0.717, 1.165) is 30.1 Å². The van der Waals surface area contributed by atoms with Crippen LogP contribution in [0.1, 0.15) is 17.3 Å². The molecule has 1 atom stereocenters. The van der Waals surface area contributed by atoms with Crippen LogP contribution in [0.15, 0.2) is 30.5 Å². The lowest BCUT2D eigenvalue weighted by Gasteiger charge is -2.17. The Morgan fingerprint density at radius 1 is 1.33 bits per heavy atom. The van der Waals surface area contributed by atoms with Crippen LogP contribution in [-0.2, 0) is 6.54 Å². The Hall–Kier alpha value is -1.56. The van der Waals surface area contributed by atoms with Crippen molar-refractivity contribution in [3.8, 4) is 5.75 Å². The van der Waals surface area contributed by atoms with Gasteiger partial charge in [0.05, 0.1) is 36.6 Å². The lowest BCUT2D eigenvalue weighted by molar-refractivity contribution is 0.368. The highest BCUT2D eigenvalue weighted by Gasteiger charge is 2.18. The summed E-state index contributed by atoms with van der Waals surface area (Å²) in [5.41, 5.74) is 8.17. The third kappa shape index (κ3) is 3.75. The van der Waals surface area contributed by atoms with Crippen molar-refractivity contribution in [2.75, 3.05) is 27.7 Å². The van der Waals surface area contributed by atoms with E-state index in [1.165, 1.54) is 0 Å². The van der Waals surface area contributed by atoms with Crippen molar-refractivity contribution in [3.05, 3.63) is 46.7 Å². The number of ether oxygens (including phenoxy) is 1. The Balaban J connectivity index is 2.24. The van der Waals surface area contributed by atoms with Gasteiger partial charge in [-0.15, -0.1) is 0 Å². The molecule has 114 valence electrons. The van der Waals surface area contributed by atoms with Gasteiger partial charge < -0.3 is 15.4 Å². The van der Waals surface area contributed by atoms with Crippen molar-refractivity contribution in [3.63, 3.8) is 0 Å². The zero-order chi connectivity index (χ0) is 15.4. The van der Waals surface area contributed by atoms with Crippen LogP contribution in [0.4, 0.5) is 0 Å². The van der Waals surface area contributed by atoms with Crippen LogP contribution in [-0.4, -0.2) is 42.4 Å². The first-order valence-electron chi connectivity index (χ1n) is 6.78. The summed E-state index contributed by atoms with van der Waals surface area (Å²) in [7, 11) is 5.69. The molecule has 0 aliphatic rings. The van der Waals surface area contributed by atoms with Gasteiger partial charge in [0.25, 0.3) is 0 Å². The molecule has 2 N–H and O–H groups in total. The maximum Gasteiger partial charge on any atom is 0.118 e. The van der Waals surface area contributed by atoms with E-state index >= 15 is 0 Å². The van der Waals surface area contributed by atoms with Gasteiger partial charge in [0, 0.05) is 6.54 Å². The fourth-order valence-corrected chi connectivity index (χ4v) is 2.38. The third-order valence-electron chi connectivity index (χ3n) is 3.36. The van der Waals surface area contributed by atoms with E-state index in [1.807, 2.05) is 43.0 Å². The monoisotopic (exact) mass is 308 g/mol. The molecule has 0 spiro atoms. The number of methoxy groups -OCH3 is 1. The summed E-state index contributed by atoms with van der Waals surface area (Å²) in [6.07, 6.45) is 1.65. The number of nitrogens with zero attached hydrogens (tertiary/aromatic N) is 3. The van der Waals surface area contributed by atoms with Gasteiger partial charge in [-0.3, -0.25) is 4.68 Å². The van der Waals surface area contributed by atoms with Crippen LogP contribution in [0.2, 0.25) is 5.02 Å². The van der Waals surface area contributed by atoms with Crippen molar-refractivity contribution in [2.45, 2.75) is 12.6 Å². The van der Waals surface area contributed by atoms with Gasteiger partial charge in [-0.2, -0.15) is 5.10 Å². The molecule has 21 heavy (non-hydrogen) atoms. The molecule has 2 rings (SSSR count). The molecule has 2 aromatic rings. The molecule has 0 radical (unpaired) electrons. The van der Waals surface area contributed by atoms with Crippen LogP contribution >= 0.6 is 11.6 Å². The predicted molar refractivity (Wildman–Crippen MR) is 84.8 cm³/mol. The van der Waals surface area contributed by atoms with Gasteiger partial charge in [-0.05, 0) is 31.8 Å². The summed E-state index contributed by atoms with van der Waals surface area (Å²) in [4.78, 5) is 2.10. The lowest BCUT2D eigenvalue weighted by Crippen LogP contribution is -2.23. The molecule has 0 fully saturated rings. The highest BCUT2D eigenvalue weighted by Crippen LogP contribution is 2.27. The highest BCUT2D eigenvalue weighted by molar-refractivity contribution is 6.31. The molecule has 0 amide bonds. The SMILES string of the molecule is COc1ccc(C(N)c2c(Cl)cnn2CCN(C)C)cc1. The van der Waals surface area contributed by atoms with Crippen molar-refractivity contribution >= 4 is 11.6 Å². The van der Waals surface area contributed by atoms with Crippen LogP contribution < -0.4 is 10.5 Å². The molecule has 0 bridgehead atoms. The number of benzene rings is 1. The van der Waals surface area contributed by atoms with E-state index in [-0.39, 0.29) is 6.04 Å². The predicted octanol–water partition coefficient (Wildman–Crippen LogP) is 2.15. The van der Waals surface area contributed by atoms with Crippen LogP contribution in [0, 0.1) is 0 Å². The smallest absolute Gasteiger partial charge is 0.118 e. The van der Waals surface area contributed by atoms with Gasteiger partial charge >= 0.3 is 0 Å². The molecule has 5 nitrogen and oxygen atoms in total. The second kappa shape index (κ2) is 6.93. The van der Waals surface area contributed by atoms with E-state index in [0.29, 0.717) is 5.02 Å².